The zero-order chi connectivity index (χ0) is 12.8. The highest BCUT2D eigenvalue weighted by atomic mass is 32.2. The summed E-state index contributed by atoms with van der Waals surface area (Å²) in [6.45, 7) is 7.10. The molecule has 0 amide bonds. The second-order valence-corrected chi connectivity index (χ2v) is 5.20. The van der Waals surface area contributed by atoms with E-state index in [9.17, 15) is 4.79 Å². The second kappa shape index (κ2) is 6.55. The van der Waals surface area contributed by atoms with E-state index >= 15 is 0 Å². The molecule has 8 heteroatoms. The standard InChI is InChI=1S/C9H17N5O2S/c1-6(2)10-4-5-14-9(11-12-13-14)17-7(3)8(15)16/h6-7,10H,4-5H2,1-3H3,(H,15,16). The number of tetrazole rings is 1. The van der Waals surface area contributed by atoms with Gasteiger partial charge in [-0.05, 0) is 17.4 Å². The summed E-state index contributed by atoms with van der Waals surface area (Å²) in [5.41, 5.74) is 0. The average molecular weight is 259 g/mol. The Morgan fingerprint density at radius 1 is 1.53 bits per heavy atom. The number of carboxylic acids is 1. The molecule has 1 rings (SSSR count). The average Bonchev–Trinajstić information content (AvgIpc) is 2.65. The Morgan fingerprint density at radius 3 is 2.82 bits per heavy atom. The number of carbonyl (C=O) groups is 1. The van der Waals surface area contributed by atoms with Crippen molar-refractivity contribution in [2.24, 2.45) is 0 Å². The normalized spacial score (nSPS) is 12.9. The van der Waals surface area contributed by atoms with Crippen molar-refractivity contribution in [2.75, 3.05) is 6.54 Å². The van der Waals surface area contributed by atoms with Crippen molar-refractivity contribution in [3.05, 3.63) is 0 Å². The number of nitrogens with zero attached hydrogens (tertiary/aromatic N) is 4. The highest BCUT2D eigenvalue weighted by Crippen LogP contribution is 2.19. The Balaban J connectivity index is 2.51. The Bertz CT molecular complexity index is 368. The van der Waals surface area contributed by atoms with E-state index in [1.54, 1.807) is 11.6 Å². The van der Waals surface area contributed by atoms with Gasteiger partial charge in [0.15, 0.2) is 0 Å². The number of hydrogen-bond donors (Lipinski definition) is 2. The molecule has 0 aromatic carbocycles. The van der Waals surface area contributed by atoms with E-state index in [4.69, 9.17) is 5.11 Å². The fraction of sp³-hybridized carbons (Fsp3) is 0.778. The third-order valence-corrected chi connectivity index (χ3v) is 3.06. The van der Waals surface area contributed by atoms with Crippen LogP contribution >= 0.6 is 11.8 Å². The number of rotatable bonds is 7. The molecule has 1 aromatic rings. The van der Waals surface area contributed by atoms with Crippen LogP contribution in [-0.4, -0.2) is 49.1 Å². The Hall–Kier alpha value is -1.15. The van der Waals surface area contributed by atoms with Crippen LogP contribution in [0.3, 0.4) is 0 Å². The van der Waals surface area contributed by atoms with Gasteiger partial charge in [0.25, 0.3) is 0 Å². The maximum Gasteiger partial charge on any atom is 0.316 e. The van der Waals surface area contributed by atoms with Crippen LogP contribution < -0.4 is 5.32 Å². The third-order valence-electron chi connectivity index (χ3n) is 2.01. The van der Waals surface area contributed by atoms with Crippen LogP contribution in [0.2, 0.25) is 0 Å². The molecule has 0 saturated heterocycles. The third kappa shape index (κ3) is 4.70. The Kier molecular flexibility index (Phi) is 5.36. The molecule has 0 bridgehead atoms. The van der Waals surface area contributed by atoms with E-state index < -0.39 is 11.2 Å². The van der Waals surface area contributed by atoms with Gasteiger partial charge in [-0.15, -0.1) is 5.10 Å². The molecule has 0 fully saturated rings. The van der Waals surface area contributed by atoms with E-state index in [-0.39, 0.29) is 0 Å². The summed E-state index contributed by atoms with van der Waals surface area (Å²) < 4.78 is 1.61. The highest BCUT2D eigenvalue weighted by molar-refractivity contribution is 8.00. The number of carboxylic acid groups (broad SMARTS) is 1. The maximum absolute atomic E-state index is 10.7. The lowest BCUT2D eigenvalue weighted by atomic mass is 10.4. The van der Waals surface area contributed by atoms with Gasteiger partial charge in [0.1, 0.15) is 5.25 Å². The van der Waals surface area contributed by atoms with E-state index in [0.717, 1.165) is 18.3 Å². The molecule has 0 aliphatic rings. The largest absolute Gasteiger partial charge is 0.480 e. The van der Waals surface area contributed by atoms with Gasteiger partial charge in [0.05, 0.1) is 6.54 Å². The van der Waals surface area contributed by atoms with Crippen LogP contribution in [0.25, 0.3) is 0 Å². The number of aromatic nitrogens is 4. The molecular weight excluding hydrogens is 242 g/mol. The minimum Gasteiger partial charge on any atom is -0.480 e. The number of aliphatic carboxylic acids is 1. The molecule has 1 atom stereocenters. The zero-order valence-electron chi connectivity index (χ0n) is 10.1. The summed E-state index contributed by atoms with van der Waals surface area (Å²) in [5.74, 6) is -0.871. The summed E-state index contributed by atoms with van der Waals surface area (Å²) >= 11 is 1.14. The van der Waals surface area contributed by atoms with Crippen LogP contribution in [0, 0.1) is 0 Å². The van der Waals surface area contributed by atoms with Gasteiger partial charge >= 0.3 is 5.97 Å². The molecule has 0 saturated carbocycles. The van der Waals surface area contributed by atoms with Crippen molar-refractivity contribution >= 4 is 17.7 Å². The number of nitrogens with one attached hydrogen (secondary N) is 1. The summed E-state index contributed by atoms with van der Waals surface area (Å²) in [4.78, 5) is 10.7. The fourth-order valence-electron chi connectivity index (χ4n) is 1.09. The van der Waals surface area contributed by atoms with Crippen molar-refractivity contribution in [2.45, 2.75) is 43.8 Å². The van der Waals surface area contributed by atoms with Gasteiger partial charge in [-0.3, -0.25) is 4.79 Å². The van der Waals surface area contributed by atoms with E-state index in [0.29, 0.717) is 17.7 Å². The SMILES string of the molecule is CC(C)NCCn1nnnc1SC(C)C(=O)O. The molecule has 7 nitrogen and oxygen atoms in total. The van der Waals surface area contributed by atoms with Gasteiger partial charge < -0.3 is 10.4 Å². The first kappa shape index (κ1) is 13.9. The van der Waals surface area contributed by atoms with Crippen LogP contribution in [0.4, 0.5) is 0 Å². The molecule has 1 heterocycles. The van der Waals surface area contributed by atoms with Crippen molar-refractivity contribution in [3.63, 3.8) is 0 Å². The van der Waals surface area contributed by atoms with Crippen molar-refractivity contribution < 1.29 is 9.90 Å². The number of thioether (sulfide) groups is 1. The highest BCUT2D eigenvalue weighted by Gasteiger charge is 2.17. The molecule has 17 heavy (non-hydrogen) atoms. The monoisotopic (exact) mass is 259 g/mol. The molecule has 0 spiro atoms. The summed E-state index contributed by atoms with van der Waals surface area (Å²) in [6.07, 6.45) is 0. The van der Waals surface area contributed by atoms with Crippen molar-refractivity contribution in [1.82, 2.24) is 25.5 Å². The second-order valence-electron chi connectivity index (χ2n) is 3.89. The van der Waals surface area contributed by atoms with Crippen molar-refractivity contribution in [3.8, 4) is 0 Å². The van der Waals surface area contributed by atoms with E-state index in [1.165, 1.54) is 0 Å². The van der Waals surface area contributed by atoms with Gasteiger partial charge in [0, 0.05) is 12.6 Å². The fourth-order valence-corrected chi connectivity index (χ4v) is 1.84. The van der Waals surface area contributed by atoms with Crippen LogP contribution in [0.1, 0.15) is 20.8 Å². The predicted molar refractivity (Wildman–Crippen MR) is 63.9 cm³/mol. The molecule has 96 valence electrons. The predicted octanol–water partition coefficient (Wildman–Crippen LogP) is 0.236. The lowest BCUT2D eigenvalue weighted by Gasteiger charge is -2.09. The van der Waals surface area contributed by atoms with Crippen LogP contribution in [0.5, 0.6) is 0 Å². The zero-order valence-corrected chi connectivity index (χ0v) is 10.9. The number of hydrogen-bond acceptors (Lipinski definition) is 6. The summed E-state index contributed by atoms with van der Waals surface area (Å²) in [7, 11) is 0. The van der Waals surface area contributed by atoms with Gasteiger partial charge in [-0.1, -0.05) is 25.6 Å². The molecule has 0 radical (unpaired) electrons. The lowest BCUT2D eigenvalue weighted by Crippen LogP contribution is -2.27. The molecule has 0 aliphatic heterocycles. The molecule has 2 N–H and O–H groups in total. The lowest BCUT2D eigenvalue weighted by molar-refractivity contribution is -0.136. The Labute approximate surface area is 104 Å². The topological polar surface area (TPSA) is 92.9 Å². The Morgan fingerprint density at radius 2 is 2.24 bits per heavy atom. The first-order valence-corrected chi connectivity index (χ1v) is 6.27. The summed E-state index contributed by atoms with van der Waals surface area (Å²) in [6, 6.07) is 0.403. The molecule has 0 aliphatic carbocycles. The molecular formula is C9H17N5O2S. The summed E-state index contributed by atoms with van der Waals surface area (Å²) in [5, 5.41) is 23.2. The first-order valence-electron chi connectivity index (χ1n) is 5.39. The van der Waals surface area contributed by atoms with Gasteiger partial charge in [-0.2, -0.15) is 0 Å². The molecule has 1 aromatic heterocycles. The van der Waals surface area contributed by atoms with Gasteiger partial charge in [0.2, 0.25) is 5.16 Å². The van der Waals surface area contributed by atoms with E-state index in [2.05, 4.69) is 34.7 Å². The van der Waals surface area contributed by atoms with Crippen LogP contribution in [0.15, 0.2) is 5.16 Å². The van der Waals surface area contributed by atoms with E-state index in [1.807, 2.05) is 0 Å². The minimum absolute atomic E-state index is 0.403. The quantitative estimate of drug-likeness (QED) is 0.677. The first-order chi connectivity index (χ1) is 8.00. The molecule has 1 unspecified atom stereocenters. The van der Waals surface area contributed by atoms with Gasteiger partial charge in [-0.25, -0.2) is 4.68 Å². The smallest absolute Gasteiger partial charge is 0.316 e. The maximum atomic E-state index is 10.7. The van der Waals surface area contributed by atoms with Crippen LogP contribution in [-0.2, 0) is 11.3 Å². The van der Waals surface area contributed by atoms with Crippen molar-refractivity contribution in [1.29, 1.82) is 0 Å². The minimum atomic E-state index is -0.871.